The van der Waals surface area contributed by atoms with E-state index in [4.69, 9.17) is 28.9 Å². The molecule has 0 atom stereocenters. The van der Waals surface area contributed by atoms with E-state index in [1.807, 2.05) is 36.4 Å². The van der Waals surface area contributed by atoms with Crippen LogP contribution in [0, 0.1) is 0 Å². The first-order valence-corrected chi connectivity index (χ1v) is 9.23. The molecule has 2 amide bonds. The number of aromatic nitrogens is 1. The highest BCUT2D eigenvalue weighted by molar-refractivity contribution is 7.99. The number of halogens is 2. The highest BCUT2D eigenvalue weighted by atomic mass is 35.5. The van der Waals surface area contributed by atoms with Crippen molar-refractivity contribution in [3.8, 4) is 0 Å². The number of amides is 2. The zero-order chi connectivity index (χ0) is 17.1. The molecule has 0 saturated heterocycles. The molecular formula is C16H11Cl2N3OS2. The molecular weight excluding hydrogens is 385 g/mol. The second-order valence-electron chi connectivity index (χ2n) is 4.61. The van der Waals surface area contributed by atoms with Gasteiger partial charge < -0.3 is 5.73 Å². The van der Waals surface area contributed by atoms with E-state index in [2.05, 4.69) is 4.98 Å². The van der Waals surface area contributed by atoms with Crippen LogP contribution in [0.3, 0.4) is 0 Å². The maximum atomic E-state index is 12.0. The normalized spacial score (nSPS) is 10.6. The summed E-state index contributed by atoms with van der Waals surface area (Å²) in [4.78, 5) is 19.2. The number of nitrogens with zero attached hydrogens (tertiary/aromatic N) is 2. The van der Waals surface area contributed by atoms with Crippen LogP contribution in [0.15, 0.2) is 63.8 Å². The van der Waals surface area contributed by atoms with Crippen LogP contribution in [0.5, 0.6) is 0 Å². The number of hydrogen-bond acceptors (Lipinski definition) is 4. The first-order chi connectivity index (χ1) is 11.6. The first-order valence-electron chi connectivity index (χ1n) is 6.78. The number of carbonyl (C=O) groups excluding carboxylic acids is 1. The summed E-state index contributed by atoms with van der Waals surface area (Å²) in [6.07, 6.45) is 1.62. The van der Waals surface area contributed by atoms with E-state index in [9.17, 15) is 4.79 Å². The Bertz CT molecular complexity index is 872. The van der Waals surface area contributed by atoms with Gasteiger partial charge in [0.05, 0.1) is 15.7 Å². The van der Waals surface area contributed by atoms with Crippen molar-refractivity contribution >= 4 is 63.2 Å². The molecule has 24 heavy (non-hydrogen) atoms. The summed E-state index contributed by atoms with van der Waals surface area (Å²) in [7, 11) is 0. The standard InChI is InChI=1S/C16H11Cl2N3OS2/c17-10-4-3-7-13(14(10)18)24-12-6-2-1-5-11(12)21(15(19)22)16-20-8-9-23-16/h1-9H,(H2,19,22). The summed E-state index contributed by atoms with van der Waals surface area (Å²) >= 11 is 15.1. The molecule has 8 heteroatoms. The number of hydrogen-bond donors (Lipinski definition) is 1. The van der Waals surface area contributed by atoms with Crippen molar-refractivity contribution in [3.05, 3.63) is 64.1 Å². The van der Waals surface area contributed by atoms with Gasteiger partial charge in [-0.05, 0) is 24.3 Å². The lowest BCUT2D eigenvalue weighted by atomic mass is 10.3. The number of carbonyl (C=O) groups is 1. The lowest BCUT2D eigenvalue weighted by Crippen LogP contribution is -2.31. The van der Waals surface area contributed by atoms with Gasteiger partial charge in [0.15, 0.2) is 5.13 Å². The molecule has 3 rings (SSSR count). The van der Waals surface area contributed by atoms with Gasteiger partial charge in [-0.1, -0.05) is 53.2 Å². The van der Waals surface area contributed by atoms with E-state index in [1.165, 1.54) is 28.0 Å². The van der Waals surface area contributed by atoms with Gasteiger partial charge in [-0.2, -0.15) is 0 Å². The Morgan fingerprint density at radius 1 is 1.12 bits per heavy atom. The molecule has 0 fully saturated rings. The number of benzene rings is 2. The summed E-state index contributed by atoms with van der Waals surface area (Å²) < 4.78 is 0. The molecule has 0 bridgehead atoms. The first kappa shape index (κ1) is 17.1. The SMILES string of the molecule is NC(=O)N(c1nccs1)c1ccccc1Sc1cccc(Cl)c1Cl. The number of anilines is 2. The fourth-order valence-electron chi connectivity index (χ4n) is 2.05. The topological polar surface area (TPSA) is 59.2 Å². The monoisotopic (exact) mass is 395 g/mol. The van der Waals surface area contributed by atoms with Crippen molar-refractivity contribution < 1.29 is 4.79 Å². The van der Waals surface area contributed by atoms with E-state index in [0.717, 1.165) is 9.79 Å². The Balaban J connectivity index is 2.04. The second kappa shape index (κ2) is 7.44. The molecule has 0 unspecified atom stereocenters. The van der Waals surface area contributed by atoms with Gasteiger partial charge in [0.2, 0.25) is 0 Å². The number of para-hydroxylation sites is 1. The van der Waals surface area contributed by atoms with E-state index < -0.39 is 6.03 Å². The van der Waals surface area contributed by atoms with Crippen LogP contribution in [0.2, 0.25) is 10.0 Å². The Kier molecular flexibility index (Phi) is 5.30. The van der Waals surface area contributed by atoms with Crippen molar-refractivity contribution in [2.75, 3.05) is 4.90 Å². The minimum absolute atomic E-state index is 0.471. The van der Waals surface area contributed by atoms with Gasteiger partial charge >= 0.3 is 6.03 Å². The largest absolute Gasteiger partial charge is 0.351 e. The molecule has 122 valence electrons. The van der Waals surface area contributed by atoms with Crippen molar-refractivity contribution in [2.24, 2.45) is 5.73 Å². The van der Waals surface area contributed by atoms with Gasteiger partial charge in [0, 0.05) is 21.4 Å². The molecule has 0 spiro atoms. The summed E-state index contributed by atoms with van der Waals surface area (Å²) in [5.41, 5.74) is 6.21. The third-order valence-electron chi connectivity index (χ3n) is 3.07. The summed E-state index contributed by atoms with van der Waals surface area (Å²) in [5.74, 6) is 0. The number of urea groups is 1. The number of primary amides is 1. The average molecular weight is 396 g/mol. The predicted octanol–water partition coefficient (Wildman–Crippen LogP) is 5.82. The minimum atomic E-state index is -0.602. The van der Waals surface area contributed by atoms with Crippen LogP contribution < -0.4 is 10.6 Å². The van der Waals surface area contributed by atoms with Crippen molar-refractivity contribution in [1.82, 2.24) is 4.98 Å². The van der Waals surface area contributed by atoms with Crippen molar-refractivity contribution in [2.45, 2.75) is 9.79 Å². The van der Waals surface area contributed by atoms with Gasteiger partial charge in [-0.15, -0.1) is 11.3 Å². The zero-order valence-electron chi connectivity index (χ0n) is 12.1. The molecule has 1 aromatic heterocycles. The van der Waals surface area contributed by atoms with E-state index in [-0.39, 0.29) is 0 Å². The van der Waals surface area contributed by atoms with Crippen LogP contribution in [-0.4, -0.2) is 11.0 Å². The molecule has 2 N–H and O–H groups in total. The Morgan fingerprint density at radius 3 is 2.58 bits per heavy atom. The smallest absolute Gasteiger partial charge is 0.325 e. The maximum absolute atomic E-state index is 12.0. The van der Waals surface area contributed by atoms with Crippen LogP contribution in [0.4, 0.5) is 15.6 Å². The lowest BCUT2D eigenvalue weighted by Gasteiger charge is -2.20. The molecule has 4 nitrogen and oxygen atoms in total. The predicted molar refractivity (Wildman–Crippen MR) is 101 cm³/mol. The lowest BCUT2D eigenvalue weighted by molar-refractivity contribution is 0.256. The van der Waals surface area contributed by atoms with Crippen LogP contribution in [-0.2, 0) is 0 Å². The van der Waals surface area contributed by atoms with Gasteiger partial charge in [-0.3, -0.25) is 0 Å². The molecule has 0 saturated carbocycles. The summed E-state index contributed by atoms with van der Waals surface area (Å²) in [5, 5.41) is 3.24. The molecule has 0 aliphatic rings. The van der Waals surface area contributed by atoms with Crippen molar-refractivity contribution in [1.29, 1.82) is 0 Å². The van der Waals surface area contributed by atoms with Crippen LogP contribution >= 0.6 is 46.3 Å². The van der Waals surface area contributed by atoms with Gasteiger partial charge in [0.25, 0.3) is 0 Å². The fraction of sp³-hybridized carbons (Fsp3) is 0. The number of nitrogens with two attached hydrogens (primary N) is 1. The van der Waals surface area contributed by atoms with E-state index >= 15 is 0 Å². The molecule has 1 heterocycles. The Hall–Kier alpha value is -1.73. The van der Waals surface area contributed by atoms with Crippen LogP contribution in [0.25, 0.3) is 0 Å². The maximum Gasteiger partial charge on any atom is 0.325 e. The Morgan fingerprint density at radius 2 is 1.88 bits per heavy atom. The van der Waals surface area contributed by atoms with Crippen molar-refractivity contribution in [3.63, 3.8) is 0 Å². The number of thiazole rings is 1. The summed E-state index contributed by atoms with van der Waals surface area (Å²) in [6.45, 7) is 0. The zero-order valence-corrected chi connectivity index (χ0v) is 15.3. The van der Waals surface area contributed by atoms with E-state index in [1.54, 1.807) is 17.6 Å². The molecule has 0 aliphatic heterocycles. The molecule has 2 aromatic carbocycles. The molecule has 0 radical (unpaired) electrons. The van der Waals surface area contributed by atoms with Crippen LogP contribution in [0.1, 0.15) is 0 Å². The Labute approximate surface area is 157 Å². The van der Waals surface area contributed by atoms with Gasteiger partial charge in [-0.25, -0.2) is 14.7 Å². The second-order valence-corrected chi connectivity index (χ2v) is 7.35. The fourth-order valence-corrected chi connectivity index (χ4v) is 4.18. The summed E-state index contributed by atoms with van der Waals surface area (Å²) in [6, 6.07) is 12.2. The quantitative estimate of drug-likeness (QED) is 0.605. The minimum Gasteiger partial charge on any atom is -0.351 e. The molecule has 0 aliphatic carbocycles. The third kappa shape index (κ3) is 3.52. The highest BCUT2D eigenvalue weighted by Gasteiger charge is 2.21. The number of rotatable bonds is 4. The third-order valence-corrected chi connectivity index (χ3v) is 5.89. The molecule has 3 aromatic rings. The average Bonchev–Trinajstić information content (AvgIpc) is 3.07. The van der Waals surface area contributed by atoms with E-state index in [0.29, 0.717) is 20.9 Å². The van der Waals surface area contributed by atoms with Gasteiger partial charge in [0.1, 0.15) is 0 Å². The highest BCUT2D eigenvalue weighted by Crippen LogP contribution is 2.42.